The highest BCUT2D eigenvalue weighted by atomic mass is 16.6. The molecule has 0 radical (unpaired) electrons. The number of hydrogen-bond donors (Lipinski definition) is 3. The van der Waals surface area contributed by atoms with Crippen molar-refractivity contribution in [1.82, 2.24) is 10.2 Å². The van der Waals surface area contributed by atoms with Crippen LogP contribution in [0.1, 0.15) is 46.5 Å². The lowest BCUT2D eigenvalue weighted by molar-refractivity contribution is -0.132. The van der Waals surface area contributed by atoms with Gasteiger partial charge in [0.25, 0.3) is 0 Å². The summed E-state index contributed by atoms with van der Waals surface area (Å²) >= 11 is 0. The highest BCUT2D eigenvalue weighted by Crippen LogP contribution is 2.07. The van der Waals surface area contributed by atoms with Crippen LogP contribution in [0.2, 0.25) is 0 Å². The largest absolute Gasteiger partial charge is 0.444 e. The lowest BCUT2D eigenvalue weighted by Crippen LogP contribution is -2.35. The minimum Gasteiger partial charge on any atom is -0.444 e. The Kier molecular flexibility index (Phi) is 10.6. The molecule has 0 aromatic carbocycles. The van der Waals surface area contributed by atoms with Gasteiger partial charge in [-0.15, -0.1) is 0 Å². The zero-order valence-corrected chi connectivity index (χ0v) is 13.9. The van der Waals surface area contributed by atoms with Crippen LogP contribution in [-0.4, -0.2) is 65.6 Å². The van der Waals surface area contributed by atoms with Crippen LogP contribution in [-0.2, 0) is 9.53 Å². The van der Waals surface area contributed by atoms with Crippen LogP contribution >= 0.6 is 0 Å². The summed E-state index contributed by atoms with van der Waals surface area (Å²) in [6, 6.07) is 0. The number of amides is 2. The topological polar surface area (TPSA) is 99.1 Å². The van der Waals surface area contributed by atoms with Crippen molar-refractivity contribution in [3.63, 3.8) is 0 Å². The Morgan fingerprint density at radius 3 is 2.14 bits per heavy atom. The maximum atomic E-state index is 11.8. The van der Waals surface area contributed by atoms with Gasteiger partial charge in [-0.2, -0.15) is 0 Å². The number of rotatable bonds is 10. The Morgan fingerprint density at radius 1 is 1.05 bits per heavy atom. The molecule has 0 atom stereocenters. The highest BCUT2D eigenvalue weighted by Gasteiger charge is 2.15. The first kappa shape index (κ1) is 20.7. The van der Waals surface area contributed by atoms with Gasteiger partial charge in [0.15, 0.2) is 0 Å². The van der Waals surface area contributed by atoms with E-state index in [9.17, 15) is 9.59 Å². The van der Waals surface area contributed by atoms with Crippen molar-refractivity contribution in [3.05, 3.63) is 0 Å². The second kappa shape index (κ2) is 11.3. The lowest BCUT2D eigenvalue weighted by Gasteiger charge is -2.20. The second-order valence-electron chi connectivity index (χ2n) is 6.07. The zero-order valence-electron chi connectivity index (χ0n) is 13.9. The van der Waals surface area contributed by atoms with Gasteiger partial charge in [-0.05, 0) is 33.6 Å². The first-order valence-corrected chi connectivity index (χ1v) is 7.76. The summed E-state index contributed by atoms with van der Waals surface area (Å²) in [7, 11) is 0. The average Bonchev–Trinajstić information content (AvgIpc) is 2.40. The van der Waals surface area contributed by atoms with Crippen LogP contribution in [0.4, 0.5) is 4.79 Å². The van der Waals surface area contributed by atoms with E-state index in [1.165, 1.54) is 4.90 Å². The molecule has 0 aromatic rings. The number of carbonyl (C=O) groups is 2. The minimum atomic E-state index is -0.501. The molecule has 2 amide bonds. The van der Waals surface area contributed by atoms with E-state index in [-0.39, 0.29) is 32.2 Å². The molecule has 0 rings (SSSR count). The third-order valence-corrected chi connectivity index (χ3v) is 2.83. The van der Waals surface area contributed by atoms with Gasteiger partial charge in [0.05, 0.1) is 13.2 Å². The molecule has 0 aliphatic carbocycles. The van der Waals surface area contributed by atoms with E-state index in [0.717, 1.165) is 12.8 Å². The maximum absolute atomic E-state index is 11.8. The minimum absolute atomic E-state index is 0.0665. The van der Waals surface area contributed by atoms with Crippen LogP contribution in [0.15, 0.2) is 0 Å². The Balaban J connectivity index is 3.71. The molecule has 0 saturated carbocycles. The van der Waals surface area contributed by atoms with Crippen molar-refractivity contribution in [2.45, 2.75) is 52.1 Å². The summed E-state index contributed by atoms with van der Waals surface area (Å²) in [4.78, 5) is 24.7. The van der Waals surface area contributed by atoms with E-state index >= 15 is 0 Å². The molecule has 130 valence electrons. The third-order valence-electron chi connectivity index (χ3n) is 2.83. The van der Waals surface area contributed by atoms with Gasteiger partial charge in [0, 0.05) is 26.1 Å². The van der Waals surface area contributed by atoms with Crippen molar-refractivity contribution >= 4 is 12.0 Å². The van der Waals surface area contributed by atoms with E-state index in [4.69, 9.17) is 14.9 Å². The Morgan fingerprint density at radius 2 is 1.64 bits per heavy atom. The summed E-state index contributed by atoms with van der Waals surface area (Å²) in [6.45, 7) is 6.23. The van der Waals surface area contributed by atoms with Crippen LogP contribution in [0, 0.1) is 0 Å². The molecular weight excluding hydrogens is 288 g/mol. The number of aliphatic hydroxyl groups is 2. The van der Waals surface area contributed by atoms with Gasteiger partial charge < -0.3 is 25.2 Å². The van der Waals surface area contributed by atoms with Gasteiger partial charge in [-0.1, -0.05) is 6.42 Å². The summed E-state index contributed by atoms with van der Waals surface area (Å²) < 4.78 is 5.11. The number of aliphatic hydroxyl groups excluding tert-OH is 2. The predicted molar refractivity (Wildman–Crippen MR) is 83.5 cm³/mol. The smallest absolute Gasteiger partial charge is 0.407 e. The van der Waals surface area contributed by atoms with Crippen LogP contribution < -0.4 is 5.32 Å². The number of unbranched alkanes of at least 4 members (excludes halogenated alkanes) is 2. The molecule has 7 nitrogen and oxygen atoms in total. The van der Waals surface area contributed by atoms with Crippen molar-refractivity contribution in [2.75, 3.05) is 32.8 Å². The second-order valence-corrected chi connectivity index (χ2v) is 6.07. The highest BCUT2D eigenvalue weighted by molar-refractivity contribution is 5.76. The molecule has 0 unspecified atom stereocenters. The number of ether oxygens (including phenoxy) is 1. The molecule has 0 saturated heterocycles. The molecule has 0 heterocycles. The average molecular weight is 318 g/mol. The SMILES string of the molecule is CC(C)(C)OC(=O)NCCCCCC(=O)N(CCO)CCO. The van der Waals surface area contributed by atoms with Crippen LogP contribution in [0.5, 0.6) is 0 Å². The fourth-order valence-corrected chi connectivity index (χ4v) is 1.84. The van der Waals surface area contributed by atoms with Gasteiger partial charge in [0.1, 0.15) is 5.60 Å². The van der Waals surface area contributed by atoms with E-state index in [0.29, 0.717) is 19.4 Å². The van der Waals surface area contributed by atoms with Crippen LogP contribution in [0.3, 0.4) is 0 Å². The summed E-state index contributed by atoms with van der Waals surface area (Å²) in [5, 5.41) is 20.4. The van der Waals surface area contributed by atoms with Crippen LogP contribution in [0.25, 0.3) is 0 Å². The number of hydrogen-bond acceptors (Lipinski definition) is 5. The first-order valence-electron chi connectivity index (χ1n) is 7.76. The number of alkyl carbamates (subject to hydrolysis) is 1. The summed E-state index contributed by atoms with van der Waals surface area (Å²) in [5.41, 5.74) is -0.501. The van der Waals surface area contributed by atoms with Gasteiger partial charge in [0.2, 0.25) is 5.91 Å². The molecule has 0 fully saturated rings. The fourth-order valence-electron chi connectivity index (χ4n) is 1.84. The Bertz CT molecular complexity index is 322. The van der Waals surface area contributed by atoms with Crippen molar-refractivity contribution in [1.29, 1.82) is 0 Å². The molecule has 0 bridgehead atoms. The van der Waals surface area contributed by atoms with Crippen molar-refractivity contribution < 1.29 is 24.5 Å². The molecule has 0 spiro atoms. The Hall–Kier alpha value is -1.34. The molecule has 22 heavy (non-hydrogen) atoms. The number of nitrogens with one attached hydrogen (secondary N) is 1. The maximum Gasteiger partial charge on any atom is 0.407 e. The quantitative estimate of drug-likeness (QED) is 0.519. The van der Waals surface area contributed by atoms with Gasteiger partial charge in [-0.25, -0.2) is 4.79 Å². The Labute approximate surface area is 132 Å². The predicted octanol–water partition coefficient (Wildman–Crippen LogP) is 0.885. The molecule has 7 heteroatoms. The molecule has 0 aliphatic rings. The molecule has 3 N–H and O–H groups in total. The fraction of sp³-hybridized carbons (Fsp3) is 0.867. The lowest BCUT2D eigenvalue weighted by atomic mass is 10.1. The van der Waals surface area contributed by atoms with Gasteiger partial charge >= 0.3 is 6.09 Å². The van der Waals surface area contributed by atoms with E-state index < -0.39 is 11.7 Å². The first-order chi connectivity index (χ1) is 10.3. The van der Waals surface area contributed by atoms with E-state index in [1.807, 2.05) is 20.8 Å². The zero-order chi connectivity index (χ0) is 17.0. The molecule has 0 aliphatic heterocycles. The standard InChI is InChI=1S/C15H30N2O5/c1-15(2,3)22-14(21)16-8-6-4-5-7-13(20)17(9-11-18)10-12-19/h18-19H,4-12H2,1-3H3,(H,16,21). The number of nitrogens with zero attached hydrogens (tertiary/aromatic N) is 1. The monoisotopic (exact) mass is 318 g/mol. The van der Waals surface area contributed by atoms with E-state index in [1.54, 1.807) is 0 Å². The van der Waals surface area contributed by atoms with Crippen molar-refractivity contribution in [3.8, 4) is 0 Å². The normalized spacial score (nSPS) is 11.1. The molecular formula is C15H30N2O5. The molecule has 0 aromatic heterocycles. The van der Waals surface area contributed by atoms with E-state index in [2.05, 4.69) is 5.32 Å². The summed E-state index contributed by atoms with van der Waals surface area (Å²) in [5.74, 6) is -0.0665. The summed E-state index contributed by atoms with van der Waals surface area (Å²) in [6.07, 6.45) is 2.25. The van der Waals surface area contributed by atoms with Gasteiger partial charge in [-0.3, -0.25) is 4.79 Å². The number of carbonyl (C=O) groups excluding carboxylic acids is 2. The van der Waals surface area contributed by atoms with Crippen molar-refractivity contribution in [2.24, 2.45) is 0 Å². The third kappa shape index (κ3) is 11.3.